The summed E-state index contributed by atoms with van der Waals surface area (Å²) in [6.45, 7) is 1.03. The predicted molar refractivity (Wildman–Crippen MR) is 101 cm³/mol. The van der Waals surface area contributed by atoms with Gasteiger partial charge in [0.15, 0.2) is 0 Å². The second-order valence-electron chi connectivity index (χ2n) is 5.88. The van der Waals surface area contributed by atoms with Crippen molar-refractivity contribution in [3.8, 4) is 0 Å². The molecular weight excluding hydrogens is 411 g/mol. The van der Waals surface area contributed by atoms with Crippen LogP contribution in [0.4, 0.5) is 24.5 Å². The van der Waals surface area contributed by atoms with Gasteiger partial charge in [0.1, 0.15) is 0 Å². The number of anilines is 2. The molecule has 0 radical (unpaired) electrons. The molecule has 29 heavy (non-hydrogen) atoms. The average Bonchev–Trinajstić information content (AvgIpc) is 2.67. The fourth-order valence-corrected chi connectivity index (χ4v) is 3.20. The second-order valence-corrected chi connectivity index (χ2v) is 7.64. The van der Waals surface area contributed by atoms with Crippen molar-refractivity contribution < 1.29 is 31.2 Å². The van der Waals surface area contributed by atoms with E-state index in [1.807, 2.05) is 4.72 Å². The van der Waals surface area contributed by atoms with Gasteiger partial charge in [-0.2, -0.15) is 13.2 Å². The number of halogens is 3. The molecular formula is C18H18F3N3O4S. The van der Waals surface area contributed by atoms with E-state index in [1.165, 1.54) is 12.1 Å². The lowest BCUT2D eigenvalue weighted by atomic mass is 10.2. The van der Waals surface area contributed by atoms with Gasteiger partial charge in [0.25, 0.3) is 0 Å². The summed E-state index contributed by atoms with van der Waals surface area (Å²) in [4.78, 5) is 22.6. The molecule has 0 spiro atoms. The second kappa shape index (κ2) is 9.05. The maximum absolute atomic E-state index is 12.7. The Bertz CT molecular complexity index is 990. The zero-order chi connectivity index (χ0) is 21.7. The molecule has 2 amide bonds. The molecule has 0 aromatic heterocycles. The smallest absolute Gasteiger partial charge is 0.326 e. The Kier molecular flexibility index (Phi) is 6.98. The highest BCUT2D eigenvalue weighted by Gasteiger charge is 2.31. The van der Waals surface area contributed by atoms with Crippen molar-refractivity contribution in [1.29, 1.82) is 0 Å². The summed E-state index contributed by atoms with van der Waals surface area (Å²) in [5, 5.41) is 5.06. The molecule has 156 valence electrons. The first kappa shape index (κ1) is 22.4. The highest BCUT2D eigenvalue weighted by Crippen LogP contribution is 2.30. The molecule has 2 rings (SSSR count). The average molecular weight is 429 g/mol. The summed E-state index contributed by atoms with van der Waals surface area (Å²) in [5.41, 5.74) is -0.233. The summed E-state index contributed by atoms with van der Waals surface area (Å²) in [6.07, 6.45) is -4.38. The summed E-state index contributed by atoms with van der Waals surface area (Å²) in [5.74, 6) is -0.892. The molecule has 2 aromatic carbocycles. The molecule has 0 bridgehead atoms. The minimum atomic E-state index is -4.69. The van der Waals surface area contributed by atoms with Crippen molar-refractivity contribution in [2.45, 2.75) is 24.4 Å². The first-order chi connectivity index (χ1) is 13.5. The van der Waals surface area contributed by atoms with Crippen LogP contribution in [0.3, 0.4) is 0 Å². The topological polar surface area (TPSA) is 104 Å². The van der Waals surface area contributed by atoms with Crippen LogP contribution in [0, 0.1) is 0 Å². The Labute approximate surface area is 165 Å². The maximum Gasteiger partial charge on any atom is 0.416 e. The van der Waals surface area contributed by atoms with E-state index < -0.39 is 39.1 Å². The van der Waals surface area contributed by atoms with Gasteiger partial charge < -0.3 is 10.6 Å². The van der Waals surface area contributed by atoms with Gasteiger partial charge in [-0.05, 0) is 42.5 Å². The third-order valence-corrected chi connectivity index (χ3v) is 5.07. The van der Waals surface area contributed by atoms with E-state index in [2.05, 4.69) is 10.6 Å². The standard InChI is InChI=1S/C18H18F3N3O4S/c1-2-16(25)23-13-6-8-14(9-7-13)24-17(26)11-22-29(27,28)15-5-3-4-12(10-15)18(19,20)21/h3-10,22H,2,11H2,1H3,(H,23,25)(H,24,26). The van der Waals surface area contributed by atoms with E-state index >= 15 is 0 Å². The molecule has 0 heterocycles. The van der Waals surface area contributed by atoms with Gasteiger partial charge in [0.2, 0.25) is 21.8 Å². The summed E-state index contributed by atoms with van der Waals surface area (Å²) < 4.78 is 64.4. The molecule has 0 fully saturated rings. The van der Waals surface area contributed by atoms with Gasteiger partial charge in [-0.3, -0.25) is 9.59 Å². The van der Waals surface area contributed by atoms with Crippen molar-refractivity contribution in [1.82, 2.24) is 4.72 Å². The Morgan fingerprint density at radius 3 is 2.00 bits per heavy atom. The van der Waals surface area contributed by atoms with Gasteiger partial charge in [-0.25, -0.2) is 13.1 Å². The van der Waals surface area contributed by atoms with Crippen LogP contribution in [0.25, 0.3) is 0 Å². The molecule has 0 aliphatic heterocycles. The molecule has 11 heteroatoms. The van der Waals surface area contributed by atoms with Crippen molar-refractivity contribution >= 4 is 33.2 Å². The van der Waals surface area contributed by atoms with E-state index in [1.54, 1.807) is 19.1 Å². The molecule has 3 N–H and O–H groups in total. The predicted octanol–water partition coefficient (Wildman–Crippen LogP) is 2.97. The number of hydrogen-bond acceptors (Lipinski definition) is 4. The van der Waals surface area contributed by atoms with Crippen LogP contribution in [0.2, 0.25) is 0 Å². The van der Waals surface area contributed by atoms with Gasteiger partial charge >= 0.3 is 6.18 Å². The van der Waals surface area contributed by atoms with Crippen LogP contribution in [-0.4, -0.2) is 26.8 Å². The number of carbonyl (C=O) groups is 2. The number of alkyl halides is 3. The number of nitrogens with one attached hydrogen (secondary N) is 3. The lowest BCUT2D eigenvalue weighted by molar-refractivity contribution is -0.137. The van der Waals surface area contributed by atoms with Crippen molar-refractivity contribution in [2.24, 2.45) is 0 Å². The summed E-state index contributed by atoms with van der Waals surface area (Å²) in [7, 11) is -4.31. The van der Waals surface area contributed by atoms with E-state index in [0.29, 0.717) is 23.9 Å². The molecule has 0 unspecified atom stereocenters. The van der Waals surface area contributed by atoms with Crippen LogP contribution in [-0.2, 0) is 25.8 Å². The normalized spacial score (nSPS) is 11.7. The zero-order valence-corrected chi connectivity index (χ0v) is 16.0. The number of carbonyl (C=O) groups excluding carboxylic acids is 2. The Hall–Kier alpha value is -2.92. The van der Waals surface area contributed by atoms with E-state index in [0.717, 1.165) is 18.2 Å². The molecule has 7 nitrogen and oxygen atoms in total. The lowest BCUT2D eigenvalue weighted by Gasteiger charge is -2.11. The zero-order valence-electron chi connectivity index (χ0n) is 15.2. The van der Waals surface area contributed by atoms with Gasteiger partial charge in [0, 0.05) is 17.8 Å². The quantitative estimate of drug-likeness (QED) is 0.629. The summed E-state index contributed by atoms with van der Waals surface area (Å²) >= 11 is 0. The van der Waals surface area contributed by atoms with Crippen LogP contribution in [0.1, 0.15) is 18.9 Å². The third-order valence-electron chi connectivity index (χ3n) is 3.67. The van der Waals surface area contributed by atoms with Gasteiger partial charge in [-0.1, -0.05) is 13.0 Å². The fraction of sp³-hybridized carbons (Fsp3) is 0.222. The molecule has 0 atom stereocenters. The van der Waals surface area contributed by atoms with Crippen molar-refractivity contribution in [3.05, 3.63) is 54.1 Å². The molecule has 0 aliphatic rings. The van der Waals surface area contributed by atoms with Crippen LogP contribution in [0.5, 0.6) is 0 Å². The Balaban J connectivity index is 1.97. The van der Waals surface area contributed by atoms with E-state index in [-0.39, 0.29) is 5.91 Å². The highest BCUT2D eigenvalue weighted by atomic mass is 32.2. The van der Waals surface area contributed by atoms with Gasteiger partial charge in [0.05, 0.1) is 17.0 Å². The van der Waals surface area contributed by atoms with Crippen LogP contribution < -0.4 is 15.4 Å². The van der Waals surface area contributed by atoms with Crippen molar-refractivity contribution in [3.63, 3.8) is 0 Å². The van der Waals surface area contributed by atoms with Gasteiger partial charge in [-0.15, -0.1) is 0 Å². The van der Waals surface area contributed by atoms with E-state index in [9.17, 15) is 31.2 Å². The van der Waals surface area contributed by atoms with E-state index in [4.69, 9.17) is 0 Å². The largest absolute Gasteiger partial charge is 0.416 e. The first-order valence-electron chi connectivity index (χ1n) is 8.38. The lowest BCUT2D eigenvalue weighted by Crippen LogP contribution is -2.33. The fourth-order valence-electron chi connectivity index (χ4n) is 2.17. The first-order valence-corrected chi connectivity index (χ1v) is 9.86. The number of sulfonamides is 1. The van der Waals surface area contributed by atoms with Crippen LogP contribution >= 0.6 is 0 Å². The number of hydrogen-bond donors (Lipinski definition) is 3. The molecule has 0 saturated carbocycles. The molecule has 0 aliphatic carbocycles. The summed E-state index contributed by atoms with van der Waals surface area (Å²) in [6, 6.07) is 9.32. The third kappa shape index (κ3) is 6.57. The van der Waals surface area contributed by atoms with Crippen molar-refractivity contribution in [2.75, 3.05) is 17.2 Å². The number of amides is 2. The minimum Gasteiger partial charge on any atom is -0.326 e. The monoisotopic (exact) mass is 429 g/mol. The minimum absolute atomic E-state index is 0.175. The SMILES string of the molecule is CCC(=O)Nc1ccc(NC(=O)CNS(=O)(=O)c2cccc(C(F)(F)F)c2)cc1. The Morgan fingerprint density at radius 2 is 1.48 bits per heavy atom. The maximum atomic E-state index is 12.7. The number of benzene rings is 2. The van der Waals surface area contributed by atoms with Crippen LogP contribution in [0.15, 0.2) is 53.4 Å². The molecule has 2 aromatic rings. The number of rotatable bonds is 7. The highest BCUT2D eigenvalue weighted by molar-refractivity contribution is 7.89. The molecule has 0 saturated heterocycles. The Morgan fingerprint density at radius 1 is 0.931 bits per heavy atom.